The average Bonchev–Trinajstić information content (AvgIpc) is 2.43. The molecule has 0 N–H and O–H groups in total. The lowest BCUT2D eigenvalue weighted by molar-refractivity contribution is -0.166. The molecule has 0 aromatic heterocycles. The van der Waals surface area contributed by atoms with E-state index in [1.54, 1.807) is 24.3 Å². The van der Waals surface area contributed by atoms with Gasteiger partial charge in [0.1, 0.15) is 4.83 Å². The molecule has 18 heavy (non-hydrogen) atoms. The summed E-state index contributed by atoms with van der Waals surface area (Å²) >= 11 is 3.19. The van der Waals surface area contributed by atoms with Crippen molar-refractivity contribution in [2.24, 2.45) is 0 Å². The third-order valence-electron chi connectivity index (χ3n) is 2.37. The largest absolute Gasteiger partial charge is 0.466 e. The van der Waals surface area contributed by atoms with E-state index in [2.05, 4.69) is 20.7 Å². The Bertz CT molecular complexity index is 405. The van der Waals surface area contributed by atoms with Crippen molar-refractivity contribution in [2.45, 2.75) is 24.3 Å². The van der Waals surface area contributed by atoms with Gasteiger partial charge in [-0.25, -0.2) is 4.79 Å². The van der Waals surface area contributed by atoms with Crippen LogP contribution in [0.25, 0.3) is 0 Å². The van der Waals surface area contributed by atoms with E-state index in [0.29, 0.717) is 12.0 Å². The molecule has 0 bridgehead atoms. The molecule has 0 spiro atoms. The van der Waals surface area contributed by atoms with E-state index >= 15 is 0 Å². The predicted molar refractivity (Wildman–Crippen MR) is 70.3 cm³/mol. The fraction of sp³-hybridized carbons (Fsp3) is 0.385. The van der Waals surface area contributed by atoms with E-state index in [9.17, 15) is 9.59 Å². The van der Waals surface area contributed by atoms with Crippen molar-refractivity contribution in [2.75, 3.05) is 7.11 Å². The molecule has 1 unspecified atom stereocenters. The average molecular weight is 315 g/mol. The number of hydrogen-bond acceptors (Lipinski definition) is 4. The maximum absolute atomic E-state index is 11.7. The highest BCUT2D eigenvalue weighted by molar-refractivity contribution is 9.10. The Labute approximate surface area is 114 Å². The summed E-state index contributed by atoms with van der Waals surface area (Å²) < 4.78 is 9.83. The van der Waals surface area contributed by atoms with Crippen LogP contribution in [0.1, 0.15) is 25.0 Å². The highest BCUT2D eigenvalue weighted by atomic mass is 79.9. The van der Waals surface area contributed by atoms with Crippen molar-refractivity contribution in [3.8, 4) is 0 Å². The number of carbonyl (C=O) groups is 2. The van der Waals surface area contributed by atoms with Crippen molar-refractivity contribution < 1.29 is 19.1 Å². The first-order valence-corrected chi connectivity index (χ1v) is 6.49. The second kappa shape index (κ2) is 7.16. The van der Waals surface area contributed by atoms with E-state index in [1.165, 1.54) is 7.11 Å². The monoisotopic (exact) mass is 314 g/mol. The third-order valence-corrected chi connectivity index (χ3v) is 3.39. The summed E-state index contributed by atoms with van der Waals surface area (Å²) in [7, 11) is 1.26. The summed E-state index contributed by atoms with van der Waals surface area (Å²) in [6.07, 6.45) is -0.433. The van der Waals surface area contributed by atoms with E-state index in [1.807, 2.05) is 13.0 Å². The predicted octanol–water partition coefficient (Wildman–Crippen LogP) is 2.62. The summed E-state index contributed by atoms with van der Waals surface area (Å²) in [6.45, 7) is 1.84. The first kappa shape index (κ1) is 14.7. The lowest BCUT2D eigenvalue weighted by atomic mass is 10.1. The normalized spacial score (nSPS) is 13.5. The van der Waals surface area contributed by atoms with Crippen LogP contribution in [0.3, 0.4) is 0 Å². The lowest BCUT2D eigenvalue weighted by Gasteiger charge is -2.17. The minimum absolute atomic E-state index is 0.423. The molecule has 0 aliphatic heterocycles. The molecule has 1 aromatic rings. The minimum Gasteiger partial charge on any atom is -0.466 e. The van der Waals surface area contributed by atoms with Gasteiger partial charge in [0, 0.05) is 5.56 Å². The molecular weight excluding hydrogens is 300 g/mol. The molecule has 0 amide bonds. The maximum atomic E-state index is 11.7. The van der Waals surface area contributed by atoms with E-state index in [0.717, 1.165) is 0 Å². The van der Waals surface area contributed by atoms with Gasteiger partial charge in [0.15, 0.2) is 0 Å². The van der Waals surface area contributed by atoms with Crippen LogP contribution >= 0.6 is 15.9 Å². The number of hydrogen-bond donors (Lipinski definition) is 0. The van der Waals surface area contributed by atoms with E-state index in [4.69, 9.17) is 4.74 Å². The van der Waals surface area contributed by atoms with Gasteiger partial charge in [-0.05, 0) is 6.42 Å². The number of methoxy groups -OCH3 is 1. The number of rotatable bonds is 5. The number of carbonyl (C=O) groups excluding carboxylic acids is 2. The minimum atomic E-state index is -1.02. The molecule has 0 saturated heterocycles. The molecule has 5 heteroatoms. The molecule has 98 valence electrons. The van der Waals surface area contributed by atoms with Crippen molar-refractivity contribution >= 4 is 27.9 Å². The van der Waals surface area contributed by atoms with Crippen LogP contribution < -0.4 is 0 Å². The molecule has 1 rings (SSSR count). The summed E-state index contributed by atoms with van der Waals surface area (Å²) in [5, 5.41) is 0. The molecule has 0 aliphatic rings. The fourth-order valence-corrected chi connectivity index (χ4v) is 1.45. The Morgan fingerprint density at radius 1 is 1.22 bits per heavy atom. The summed E-state index contributed by atoms with van der Waals surface area (Å²) in [4.78, 5) is 22.9. The topological polar surface area (TPSA) is 52.6 Å². The maximum Gasteiger partial charge on any atom is 0.351 e. The molecule has 0 radical (unpaired) electrons. The lowest BCUT2D eigenvalue weighted by Crippen LogP contribution is -2.25. The van der Waals surface area contributed by atoms with Crippen LogP contribution in [0.15, 0.2) is 30.3 Å². The van der Waals surface area contributed by atoms with Crippen LogP contribution in [-0.4, -0.2) is 23.9 Å². The summed E-state index contributed by atoms with van der Waals surface area (Å²) in [6, 6.07) is 8.78. The van der Waals surface area contributed by atoms with Gasteiger partial charge in [-0.15, -0.1) is 0 Å². The molecular formula is C13H15BrO4. The van der Waals surface area contributed by atoms with Gasteiger partial charge < -0.3 is 9.47 Å². The van der Waals surface area contributed by atoms with Gasteiger partial charge in [0.05, 0.1) is 7.11 Å². The van der Waals surface area contributed by atoms with Crippen LogP contribution in [0, 0.1) is 0 Å². The van der Waals surface area contributed by atoms with Gasteiger partial charge in [-0.3, -0.25) is 4.79 Å². The molecule has 1 aromatic carbocycles. The smallest absolute Gasteiger partial charge is 0.351 e. The first-order chi connectivity index (χ1) is 8.60. The van der Waals surface area contributed by atoms with Crippen molar-refractivity contribution in [3.05, 3.63) is 35.9 Å². The van der Waals surface area contributed by atoms with Crippen LogP contribution in [-0.2, 0) is 19.1 Å². The number of benzene rings is 1. The molecule has 0 heterocycles. The number of alkyl halides is 1. The number of halogens is 1. The van der Waals surface area contributed by atoms with Crippen molar-refractivity contribution in [3.63, 3.8) is 0 Å². The van der Waals surface area contributed by atoms with E-state index < -0.39 is 22.9 Å². The van der Waals surface area contributed by atoms with Crippen LogP contribution in [0.4, 0.5) is 0 Å². The fourth-order valence-electron chi connectivity index (χ4n) is 1.34. The van der Waals surface area contributed by atoms with Crippen molar-refractivity contribution in [1.82, 2.24) is 0 Å². The third kappa shape index (κ3) is 3.84. The zero-order chi connectivity index (χ0) is 13.5. The summed E-state index contributed by atoms with van der Waals surface area (Å²) in [5.74, 6) is -1.07. The quantitative estimate of drug-likeness (QED) is 0.619. The standard InChI is InChI=1S/C13H15BrO4/c1-3-10(14)12(15)18-11(13(16)17-2)9-7-5-4-6-8-9/h4-8,10-11H,3H2,1-2H3/t10?,11-/m0/s1. The highest BCUT2D eigenvalue weighted by Gasteiger charge is 2.27. The molecule has 0 fully saturated rings. The molecule has 2 atom stereocenters. The molecule has 0 aliphatic carbocycles. The van der Waals surface area contributed by atoms with Gasteiger partial charge in [0.25, 0.3) is 0 Å². The zero-order valence-corrected chi connectivity index (χ0v) is 11.8. The Hall–Kier alpha value is -1.36. The van der Waals surface area contributed by atoms with Gasteiger partial charge in [-0.2, -0.15) is 0 Å². The SMILES string of the molecule is CCC(Br)C(=O)O[C@H](C(=O)OC)c1ccccc1. The number of ether oxygens (including phenoxy) is 2. The second-order valence-electron chi connectivity index (χ2n) is 3.63. The zero-order valence-electron chi connectivity index (χ0n) is 10.3. The van der Waals surface area contributed by atoms with E-state index in [-0.39, 0.29) is 0 Å². The Kier molecular flexibility index (Phi) is 5.85. The molecule has 0 saturated carbocycles. The van der Waals surface area contributed by atoms with Crippen molar-refractivity contribution in [1.29, 1.82) is 0 Å². The first-order valence-electron chi connectivity index (χ1n) is 5.57. The van der Waals surface area contributed by atoms with Crippen LogP contribution in [0.2, 0.25) is 0 Å². The Morgan fingerprint density at radius 3 is 2.33 bits per heavy atom. The number of esters is 2. The summed E-state index contributed by atoms with van der Waals surface area (Å²) in [5.41, 5.74) is 0.591. The molecule has 4 nitrogen and oxygen atoms in total. The Morgan fingerprint density at radius 2 is 1.83 bits per heavy atom. The Balaban J connectivity index is 2.87. The van der Waals surface area contributed by atoms with Crippen LogP contribution in [0.5, 0.6) is 0 Å². The van der Waals surface area contributed by atoms with Gasteiger partial charge >= 0.3 is 11.9 Å². The highest BCUT2D eigenvalue weighted by Crippen LogP contribution is 2.21. The second-order valence-corrected chi connectivity index (χ2v) is 4.73. The van der Waals surface area contributed by atoms with Gasteiger partial charge in [0.2, 0.25) is 6.10 Å². The van der Waals surface area contributed by atoms with Gasteiger partial charge in [-0.1, -0.05) is 53.2 Å².